The van der Waals surface area contributed by atoms with Crippen LogP contribution in [0.3, 0.4) is 0 Å². The van der Waals surface area contributed by atoms with Crippen LogP contribution in [0.5, 0.6) is 5.75 Å². The van der Waals surface area contributed by atoms with Gasteiger partial charge in [-0.1, -0.05) is 39.7 Å². The summed E-state index contributed by atoms with van der Waals surface area (Å²) in [5.41, 5.74) is 5.32. The Morgan fingerprint density at radius 1 is 0.853 bits per heavy atom. The molecule has 0 aliphatic carbocycles. The van der Waals surface area contributed by atoms with Crippen molar-refractivity contribution >= 4 is 55.9 Å². The number of carbonyl (C=O) groups excluding carboxylic acids is 3. The van der Waals surface area contributed by atoms with Crippen molar-refractivity contribution in [3.63, 3.8) is 0 Å². The third-order valence-corrected chi connectivity index (χ3v) is 5.55. The number of fused-ring (bicyclic) bond motifs is 1. The zero-order valence-corrected chi connectivity index (χ0v) is 20.0. The van der Waals surface area contributed by atoms with Crippen LogP contribution in [-0.2, 0) is 9.59 Å². The SMILES string of the molecule is COc1cccc(NC(=O)C(=O)Nn2c(C(=O)Nc3ccc(C)cc3)cc3cc(Br)ccc32)c1. The molecule has 0 bridgehead atoms. The first-order valence-electron chi connectivity index (χ1n) is 10.3. The smallest absolute Gasteiger partial charge is 0.328 e. The highest BCUT2D eigenvalue weighted by atomic mass is 79.9. The number of nitrogens with one attached hydrogen (secondary N) is 3. The maximum absolute atomic E-state index is 13.1. The maximum Gasteiger partial charge on any atom is 0.328 e. The Kier molecular flexibility index (Phi) is 6.65. The zero-order valence-electron chi connectivity index (χ0n) is 18.4. The van der Waals surface area contributed by atoms with E-state index in [0.717, 1.165) is 10.0 Å². The van der Waals surface area contributed by atoms with E-state index in [2.05, 4.69) is 32.0 Å². The molecular formula is C25H21BrN4O4. The first-order chi connectivity index (χ1) is 16.3. The van der Waals surface area contributed by atoms with Gasteiger partial charge in [-0.05, 0) is 55.5 Å². The van der Waals surface area contributed by atoms with Crippen molar-refractivity contribution in [2.45, 2.75) is 6.92 Å². The number of ether oxygens (including phenoxy) is 1. The number of benzene rings is 3. The number of aromatic nitrogens is 1. The fourth-order valence-electron chi connectivity index (χ4n) is 3.35. The lowest BCUT2D eigenvalue weighted by Crippen LogP contribution is -2.36. The standard InChI is InChI=1S/C25H21BrN4O4/c1-15-6-9-18(10-7-15)27-23(31)22-13-16-12-17(26)8-11-21(16)30(22)29-25(33)24(32)28-19-4-3-5-20(14-19)34-2/h3-14H,1-2H3,(H,27,31)(H,28,32)(H,29,33). The molecule has 1 aromatic heterocycles. The van der Waals surface area contributed by atoms with Crippen molar-refractivity contribution in [2.24, 2.45) is 0 Å². The summed E-state index contributed by atoms with van der Waals surface area (Å²) in [5, 5.41) is 6.05. The fourth-order valence-corrected chi connectivity index (χ4v) is 3.73. The Morgan fingerprint density at radius 3 is 2.35 bits per heavy atom. The van der Waals surface area contributed by atoms with Crippen LogP contribution in [0, 0.1) is 6.92 Å². The number of carbonyl (C=O) groups is 3. The lowest BCUT2D eigenvalue weighted by Gasteiger charge is -2.13. The van der Waals surface area contributed by atoms with Crippen LogP contribution >= 0.6 is 15.9 Å². The number of halogens is 1. The maximum atomic E-state index is 13.1. The van der Waals surface area contributed by atoms with Crippen LogP contribution in [-0.4, -0.2) is 29.5 Å². The summed E-state index contributed by atoms with van der Waals surface area (Å²) in [6.45, 7) is 1.95. The summed E-state index contributed by atoms with van der Waals surface area (Å²) in [6.07, 6.45) is 0. The quantitative estimate of drug-likeness (QED) is 0.332. The monoisotopic (exact) mass is 520 g/mol. The van der Waals surface area contributed by atoms with Crippen LogP contribution in [0.2, 0.25) is 0 Å². The Labute approximate surface area is 204 Å². The number of anilines is 2. The number of rotatable bonds is 5. The summed E-state index contributed by atoms with van der Waals surface area (Å²) < 4.78 is 7.25. The molecular weight excluding hydrogens is 500 g/mol. The van der Waals surface area contributed by atoms with Gasteiger partial charge in [0.25, 0.3) is 5.91 Å². The third-order valence-electron chi connectivity index (χ3n) is 5.05. The van der Waals surface area contributed by atoms with E-state index >= 15 is 0 Å². The van der Waals surface area contributed by atoms with Gasteiger partial charge in [0.15, 0.2) is 0 Å². The molecule has 1 heterocycles. The molecule has 0 aliphatic heterocycles. The van der Waals surface area contributed by atoms with Gasteiger partial charge in [-0.2, -0.15) is 0 Å². The van der Waals surface area contributed by atoms with Gasteiger partial charge in [0.1, 0.15) is 11.4 Å². The molecule has 0 saturated heterocycles. The molecule has 0 fully saturated rings. The molecule has 0 atom stereocenters. The van der Waals surface area contributed by atoms with E-state index in [-0.39, 0.29) is 5.69 Å². The minimum Gasteiger partial charge on any atom is -0.497 e. The van der Waals surface area contributed by atoms with Gasteiger partial charge in [0.05, 0.1) is 12.6 Å². The number of hydrogen-bond donors (Lipinski definition) is 3. The first-order valence-corrected chi connectivity index (χ1v) is 11.1. The summed E-state index contributed by atoms with van der Waals surface area (Å²) in [5.74, 6) is -1.73. The average Bonchev–Trinajstić information content (AvgIpc) is 3.18. The molecule has 3 amide bonds. The van der Waals surface area contributed by atoms with Gasteiger partial charge in [-0.25, -0.2) is 4.68 Å². The predicted octanol–water partition coefficient (Wildman–Crippen LogP) is 4.68. The van der Waals surface area contributed by atoms with Crippen LogP contribution in [0.4, 0.5) is 11.4 Å². The topological polar surface area (TPSA) is 101 Å². The number of amides is 3. The van der Waals surface area contributed by atoms with Crippen molar-refractivity contribution in [3.8, 4) is 5.75 Å². The van der Waals surface area contributed by atoms with E-state index in [4.69, 9.17) is 4.74 Å². The van der Waals surface area contributed by atoms with Crippen molar-refractivity contribution in [1.29, 1.82) is 0 Å². The van der Waals surface area contributed by atoms with E-state index in [1.54, 1.807) is 54.6 Å². The normalized spacial score (nSPS) is 10.6. The Bertz CT molecular complexity index is 1400. The number of aryl methyl sites for hydroxylation is 1. The summed E-state index contributed by atoms with van der Waals surface area (Å²) in [4.78, 5) is 38.4. The molecule has 4 aromatic rings. The Balaban J connectivity index is 1.61. The fraction of sp³-hybridized carbons (Fsp3) is 0.0800. The second-order valence-electron chi connectivity index (χ2n) is 7.52. The Hall–Kier alpha value is -4.11. The average molecular weight is 521 g/mol. The number of methoxy groups -OCH3 is 1. The third kappa shape index (κ3) is 5.10. The number of nitrogens with zero attached hydrogens (tertiary/aromatic N) is 1. The molecule has 0 radical (unpaired) electrons. The van der Waals surface area contributed by atoms with E-state index < -0.39 is 17.7 Å². The minimum absolute atomic E-state index is 0.163. The molecule has 8 nitrogen and oxygen atoms in total. The van der Waals surface area contributed by atoms with Crippen LogP contribution in [0.1, 0.15) is 16.1 Å². The van der Waals surface area contributed by atoms with Crippen molar-refractivity contribution in [2.75, 3.05) is 23.2 Å². The zero-order chi connectivity index (χ0) is 24.2. The number of hydrogen-bond acceptors (Lipinski definition) is 4. The highest BCUT2D eigenvalue weighted by molar-refractivity contribution is 9.10. The highest BCUT2D eigenvalue weighted by Gasteiger charge is 2.21. The van der Waals surface area contributed by atoms with E-state index in [9.17, 15) is 14.4 Å². The van der Waals surface area contributed by atoms with E-state index in [0.29, 0.717) is 28.0 Å². The lowest BCUT2D eigenvalue weighted by molar-refractivity contribution is -0.133. The lowest BCUT2D eigenvalue weighted by atomic mass is 10.2. The van der Waals surface area contributed by atoms with E-state index in [1.165, 1.54) is 11.8 Å². The van der Waals surface area contributed by atoms with E-state index in [1.807, 2.05) is 25.1 Å². The molecule has 0 saturated carbocycles. The highest BCUT2D eigenvalue weighted by Crippen LogP contribution is 2.24. The van der Waals surface area contributed by atoms with Gasteiger partial charge in [-0.3, -0.25) is 19.8 Å². The molecule has 4 rings (SSSR count). The van der Waals surface area contributed by atoms with Crippen LogP contribution in [0.25, 0.3) is 10.9 Å². The Morgan fingerprint density at radius 2 is 1.62 bits per heavy atom. The molecule has 34 heavy (non-hydrogen) atoms. The molecule has 0 aliphatic rings. The molecule has 0 spiro atoms. The second kappa shape index (κ2) is 9.80. The predicted molar refractivity (Wildman–Crippen MR) is 135 cm³/mol. The van der Waals surface area contributed by atoms with Crippen molar-refractivity contribution < 1.29 is 19.1 Å². The van der Waals surface area contributed by atoms with Gasteiger partial charge < -0.3 is 15.4 Å². The van der Waals surface area contributed by atoms with Crippen LogP contribution < -0.4 is 20.8 Å². The summed E-state index contributed by atoms with van der Waals surface area (Å²) in [7, 11) is 1.51. The van der Waals surface area contributed by atoms with Crippen LogP contribution in [0.15, 0.2) is 77.3 Å². The van der Waals surface area contributed by atoms with Crippen molar-refractivity contribution in [3.05, 3.63) is 88.5 Å². The first kappa shape index (κ1) is 23.1. The summed E-state index contributed by atoms with van der Waals surface area (Å²) >= 11 is 3.42. The molecule has 9 heteroatoms. The van der Waals surface area contributed by atoms with Gasteiger partial charge in [0, 0.05) is 27.3 Å². The van der Waals surface area contributed by atoms with Gasteiger partial charge in [-0.15, -0.1) is 0 Å². The molecule has 172 valence electrons. The molecule has 3 N–H and O–H groups in total. The van der Waals surface area contributed by atoms with Gasteiger partial charge in [0.2, 0.25) is 0 Å². The molecule has 0 unspecified atom stereocenters. The largest absolute Gasteiger partial charge is 0.497 e. The second-order valence-corrected chi connectivity index (χ2v) is 8.43. The molecule has 3 aromatic carbocycles. The van der Waals surface area contributed by atoms with Crippen molar-refractivity contribution in [1.82, 2.24) is 4.68 Å². The summed E-state index contributed by atoms with van der Waals surface area (Å²) in [6, 6.07) is 21.0. The minimum atomic E-state index is -0.937. The van der Waals surface area contributed by atoms with Gasteiger partial charge >= 0.3 is 11.8 Å².